The second-order valence-corrected chi connectivity index (χ2v) is 4.39. The van der Waals surface area contributed by atoms with Gasteiger partial charge in [0.15, 0.2) is 0 Å². The molecule has 1 aromatic rings. The van der Waals surface area contributed by atoms with Gasteiger partial charge in [0.05, 0.1) is 7.11 Å². The minimum atomic E-state index is -0.823. The van der Waals surface area contributed by atoms with E-state index in [0.29, 0.717) is 13.0 Å². The molecule has 2 N–H and O–H groups in total. The van der Waals surface area contributed by atoms with E-state index in [2.05, 4.69) is 0 Å². The summed E-state index contributed by atoms with van der Waals surface area (Å²) in [6, 6.07) is 7.79. The molecule has 0 saturated heterocycles. The third-order valence-corrected chi connectivity index (χ3v) is 3.23. The minimum Gasteiger partial charge on any atom is -0.468 e. The lowest BCUT2D eigenvalue weighted by molar-refractivity contribution is -0.148. The third kappa shape index (κ3) is 2.89. The van der Waals surface area contributed by atoms with E-state index < -0.39 is 5.41 Å². The van der Waals surface area contributed by atoms with Crippen molar-refractivity contribution in [1.29, 1.82) is 0 Å². The number of esters is 1. The van der Waals surface area contributed by atoms with Crippen LogP contribution in [0.15, 0.2) is 24.3 Å². The molecular formula is C14H21NO3. The van der Waals surface area contributed by atoms with Gasteiger partial charge in [0.1, 0.15) is 5.41 Å². The number of aryl methyl sites for hydroxylation is 1. The van der Waals surface area contributed by atoms with Gasteiger partial charge in [-0.15, -0.1) is 0 Å². The Morgan fingerprint density at radius 2 is 2.11 bits per heavy atom. The van der Waals surface area contributed by atoms with Crippen molar-refractivity contribution in [3.8, 4) is 0 Å². The Hall–Kier alpha value is -1.39. The average Bonchev–Trinajstić information content (AvgIpc) is 2.39. The number of nitrogens with two attached hydrogens (primary N) is 1. The molecule has 0 bridgehead atoms. The van der Waals surface area contributed by atoms with Gasteiger partial charge in [0.2, 0.25) is 0 Å². The van der Waals surface area contributed by atoms with Crippen LogP contribution in [0.5, 0.6) is 0 Å². The summed E-state index contributed by atoms with van der Waals surface area (Å²) in [6.07, 6.45) is 0.510. The summed E-state index contributed by atoms with van der Waals surface area (Å²) in [6.45, 7) is 2.64. The standard InChI is InChI=1S/C14H21NO3/c1-11-5-4-6-12(9-11)14(10-15,7-8-17-2)13(16)18-3/h4-6,9H,7-8,10,15H2,1-3H3. The van der Waals surface area contributed by atoms with Crippen molar-refractivity contribution in [2.75, 3.05) is 27.4 Å². The van der Waals surface area contributed by atoms with Crippen molar-refractivity contribution >= 4 is 5.97 Å². The zero-order chi connectivity index (χ0) is 13.6. The number of hydrogen-bond acceptors (Lipinski definition) is 4. The van der Waals surface area contributed by atoms with Crippen LogP contribution in [0.1, 0.15) is 17.5 Å². The van der Waals surface area contributed by atoms with Gasteiger partial charge in [-0.2, -0.15) is 0 Å². The molecule has 0 aliphatic heterocycles. The highest BCUT2D eigenvalue weighted by atomic mass is 16.5. The van der Waals surface area contributed by atoms with Crippen LogP contribution in [0.3, 0.4) is 0 Å². The molecule has 0 fully saturated rings. The van der Waals surface area contributed by atoms with Gasteiger partial charge in [-0.3, -0.25) is 4.79 Å². The summed E-state index contributed by atoms with van der Waals surface area (Å²) in [5, 5.41) is 0. The van der Waals surface area contributed by atoms with E-state index in [1.165, 1.54) is 7.11 Å². The van der Waals surface area contributed by atoms with E-state index in [4.69, 9.17) is 15.2 Å². The van der Waals surface area contributed by atoms with E-state index in [1.807, 2.05) is 31.2 Å². The van der Waals surface area contributed by atoms with Crippen molar-refractivity contribution in [2.45, 2.75) is 18.8 Å². The van der Waals surface area contributed by atoms with Crippen molar-refractivity contribution in [3.63, 3.8) is 0 Å². The summed E-state index contributed by atoms with van der Waals surface area (Å²) in [7, 11) is 2.99. The first-order valence-electron chi connectivity index (χ1n) is 5.95. The maximum Gasteiger partial charge on any atom is 0.317 e. The lowest BCUT2D eigenvalue weighted by atomic mass is 9.77. The summed E-state index contributed by atoms with van der Waals surface area (Å²) in [5.41, 5.74) is 7.00. The van der Waals surface area contributed by atoms with Gasteiger partial charge >= 0.3 is 5.97 Å². The van der Waals surface area contributed by atoms with Gasteiger partial charge in [-0.05, 0) is 18.9 Å². The van der Waals surface area contributed by atoms with Gasteiger partial charge in [-0.25, -0.2) is 0 Å². The fourth-order valence-electron chi connectivity index (χ4n) is 2.08. The van der Waals surface area contributed by atoms with Crippen molar-refractivity contribution < 1.29 is 14.3 Å². The first-order chi connectivity index (χ1) is 8.60. The second-order valence-electron chi connectivity index (χ2n) is 4.39. The molecule has 4 heteroatoms. The number of carbonyl (C=O) groups is 1. The van der Waals surface area contributed by atoms with Crippen LogP contribution in [0.25, 0.3) is 0 Å². The predicted molar refractivity (Wildman–Crippen MR) is 70.4 cm³/mol. The quantitative estimate of drug-likeness (QED) is 0.776. The van der Waals surface area contributed by atoms with Gasteiger partial charge < -0.3 is 15.2 Å². The van der Waals surface area contributed by atoms with Crippen LogP contribution in [-0.4, -0.2) is 33.3 Å². The molecule has 1 rings (SSSR count). The molecule has 100 valence electrons. The van der Waals surface area contributed by atoms with Gasteiger partial charge in [0.25, 0.3) is 0 Å². The summed E-state index contributed by atoms with van der Waals surface area (Å²) in [4.78, 5) is 12.1. The van der Waals surface area contributed by atoms with Crippen LogP contribution < -0.4 is 5.73 Å². The Labute approximate surface area is 108 Å². The molecule has 18 heavy (non-hydrogen) atoms. The summed E-state index contributed by atoms with van der Waals surface area (Å²) >= 11 is 0. The average molecular weight is 251 g/mol. The first-order valence-corrected chi connectivity index (χ1v) is 5.95. The minimum absolute atomic E-state index is 0.201. The fraction of sp³-hybridized carbons (Fsp3) is 0.500. The van der Waals surface area contributed by atoms with Crippen molar-refractivity contribution in [1.82, 2.24) is 0 Å². The van der Waals surface area contributed by atoms with Crippen LogP contribution in [0.4, 0.5) is 0 Å². The number of ether oxygens (including phenoxy) is 2. The zero-order valence-corrected chi connectivity index (χ0v) is 11.2. The number of rotatable bonds is 6. The number of methoxy groups -OCH3 is 2. The zero-order valence-electron chi connectivity index (χ0n) is 11.2. The normalized spacial score (nSPS) is 14.0. The molecule has 1 unspecified atom stereocenters. The monoisotopic (exact) mass is 251 g/mol. The predicted octanol–water partition coefficient (Wildman–Crippen LogP) is 1.40. The SMILES string of the molecule is COCCC(CN)(C(=O)OC)c1cccc(C)c1. The Balaban J connectivity index is 3.20. The Morgan fingerprint density at radius 3 is 2.61 bits per heavy atom. The highest BCUT2D eigenvalue weighted by Gasteiger charge is 2.39. The highest BCUT2D eigenvalue weighted by molar-refractivity contribution is 5.83. The van der Waals surface area contributed by atoms with Crippen molar-refractivity contribution in [2.24, 2.45) is 5.73 Å². The smallest absolute Gasteiger partial charge is 0.317 e. The van der Waals surface area contributed by atoms with E-state index >= 15 is 0 Å². The molecule has 4 nitrogen and oxygen atoms in total. The van der Waals surface area contributed by atoms with E-state index in [9.17, 15) is 4.79 Å². The van der Waals surface area contributed by atoms with Gasteiger partial charge in [-0.1, -0.05) is 29.8 Å². The molecule has 0 heterocycles. The largest absolute Gasteiger partial charge is 0.468 e. The van der Waals surface area contributed by atoms with E-state index in [-0.39, 0.29) is 12.5 Å². The third-order valence-electron chi connectivity index (χ3n) is 3.23. The maximum atomic E-state index is 12.1. The molecule has 0 saturated carbocycles. The van der Waals surface area contributed by atoms with E-state index in [1.54, 1.807) is 7.11 Å². The number of carbonyl (C=O) groups excluding carboxylic acids is 1. The Kier molecular flexibility index (Phi) is 5.31. The summed E-state index contributed by atoms with van der Waals surface area (Å²) in [5.74, 6) is -0.312. The molecule has 0 aliphatic carbocycles. The van der Waals surface area contributed by atoms with Crippen LogP contribution >= 0.6 is 0 Å². The second kappa shape index (κ2) is 6.52. The number of hydrogen-bond donors (Lipinski definition) is 1. The molecule has 0 radical (unpaired) electrons. The fourth-order valence-corrected chi connectivity index (χ4v) is 2.08. The maximum absolute atomic E-state index is 12.1. The number of benzene rings is 1. The van der Waals surface area contributed by atoms with Crippen molar-refractivity contribution in [3.05, 3.63) is 35.4 Å². The molecule has 0 aromatic heterocycles. The van der Waals surface area contributed by atoms with E-state index in [0.717, 1.165) is 11.1 Å². The topological polar surface area (TPSA) is 61.5 Å². The highest BCUT2D eigenvalue weighted by Crippen LogP contribution is 2.29. The molecule has 0 amide bonds. The molecular weight excluding hydrogens is 230 g/mol. The molecule has 1 aromatic carbocycles. The van der Waals surface area contributed by atoms with Crippen LogP contribution in [0, 0.1) is 6.92 Å². The molecule has 1 atom stereocenters. The Bertz CT molecular complexity index is 406. The van der Waals surface area contributed by atoms with Crippen LogP contribution in [0.2, 0.25) is 0 Å². The van der Waals surface area contributed by atoms with Gasteiger partial charge in [0, 0.05) is 20.3 Å². The molecule has 0 aliphatic rings. The lowest BCUT2D eigenvalue weighted by Crippen LogP contribution is -2.44. The van der Waals surface area contributed by atoms with Crippen LogP contribution in [-0.2, 0) is 19.7 Å². The summed E-state index contributed by atoms with van der Waals surface area (Å²) < 4.78 is 10.0. The molecule has 0 spiro atoms. The lowest BCUT2D eigenvalue weighted by Gasteiger charge is -2.30. The Morgan fingerprint density at radius 1 is 1.39 bits per heavy atom. The first kappa shape index (κ1) is 14.7.